The maximum absolute atomic E-state index is 13.6. The van der Waals surface area contributed by atoms with Crippen LogP contribution in [0.3, 0.4) is 0 Å². The van der Waals surface area contributed by atoms with Gasteiger partial charge in [-0.1, -0.05) is 54.6 Å². The van der Waals surface area contributed by atoms with Crippen LogP contribution >= 0.6 is 0 Å². The normalized spacial score (nSPS) is 11.1. The lowest BCUT2D eigenvalue weighted by atomic mass is 10.2. The number of azide groups is 1. The summed E-state index contributed by atoms with van der Waals surface area (Å²) in [6.07, 6.45) is 0.266. The molecule has 5 aromatic rings. The summed E-state index contributed by atoms with van der Waals surface area (Å²) in [6, 6.07) is 25.4. The first-order valence-electron chi connectivity index (χ1n) is 10.9. The van der Waals surface area contributed by atoms with Gasteiger partial charge in [0.15, 0.2) is 0 Å². The SMILES string of the molecule is [N-]=[N+]=NC(=N)CCn1c(Cn2c(=O)n(Cc3ccccc3)c3ccccc32)nc2ccccc21. The number of hydrogen-bond acceptors (Lipinski definition) is 3. The van der Waals surface area contributed by atoms with Gasteiger partial charge in [0, 0.05) is 17.9 Å². The second kappa shape index (κ2) is 9.09. The second-order valence-corrected chi connectivity index (χ2v) is 7.98. The zero-order chi connectivity index (χ0) is 23.5. The Bertz CT molecular complexity index is 1600. The average molecular weight is 451 g/mol. The van der Waals surface area contributed by atoms with Crippen LogP contribution in [0.4, 0.5) is 0 Å². The van der Waals surface area contributed by atoms with Crippen LogP contribution in [-0.4, -0.2) is 24.5 Å². The molecule has 0 atom stereocenters. The number of benzene rings is 3. The highest BCUT2D eigenvalue weighted by Gasteiger charge is 2.17. The summed E-state index contributed by atoms with van der Waals surface area (Å²) in [7, 11) is 0. The molecule has 0 unspecified atom stereocenters. The van der Waals surface area contributed by atoms with Gasteiger partial charge in [0.1, 0.15) is 5.82 Å². The maximum Gasteiger partial charge on any atom is 0.329 e. The molecule has 9 nitrogen and oxygen atoms in total. The Morgan fingerprint density at radius 1 is 0.853 bits per heavy atom. The number of para-hydroxylation sites is 4. The zero-order valence-corrected chi connectivity index (χ0v) is 18.4. The number of rotatable bonds is 7. The number of nitrogens with one attached hydrogen (secondary N) is 1. The third-order valence-electron chi connectivity index (χ3n) is 5.88. The van der Waals surface area contributed by atoms with Crippen molar-refractivity contribution in [2.45, 2.75) is 26.1 Å². The molecule has 0 saturated carbocycles. The summed E-state index contributed by atoms with van der Waals surface area (Å²) in [4.78, 5) is 21.1. The quantitative estimate of drug-likeness (QED) is 0.124. The monoisotopic (exact) mass is 450 g/mol. The molecule has 0 aliphatic carbocycles. The summed E-state index contributed by atoms with van der Waals surface area (Å²) in [5.41, 5.74) is 13.0. The van der Waals surface area contributed by atoms with Gasteiger partial charge in [-0.3, -0.25) is 9.13 Å². The number of fused-ring (bicyclic) bond motifs is 2. The van der Waals surface area contributed by atoms with E-state index in [1.165, 1.54) is 0 Å². The Kier molecular flexibility index (Phi) is 5.68. The second-order valence-electron chi connectivity index (χ2n) is 7.98. The number of hydrogen-bond donors (Lipinski definition) is 1. The van der Waals surface area contributed by atoms with Crippen LogP contribution in [0, 0.1) is 5.41 Å². The number of imidazole rings is 2. The first-order valence-corrected chi connectivity index (χ1v) is 10.9. The minimum atomic E-state index is -0.106. The van der Waals surface area contributed by atoms with Gasteiger partial charge >= 0.3 is 5.69 Å². The molecule has 0 fully saturated rings. The van der Waals surface area contributed by atoms with Gasteiger partial charge in [-0.15, -0.1) is 0 Å². The molecule has 0 saturated heterocycles. The van der Waals surface area contributed by atoms with E-state index in [2.05, 4.69) is 10.0 Å². The Balaban J connectivity index is 1.58. The van der Waals surface area contributed by atoms with Crippen LogP contribution in [0.25, 0.3) is 32.5 Å². The molecule has 0 spiro atoms. The minimum Gasteiger partial charge on any atom is -0.326 e. The first-order chi connectivity index (χ1) is 16.7. The summed E-state index contributed by atoms with van der Waals surface area (Å²) in [5.74, 6) is 0.669. The Labute approximate surface area is 194 Å². The summed E-state index contributed by atoms with van der Waals surface area (Å²) < 4.78 is 5.52. The molecular formula is C25H22N8O. The van der Waals surface area contributed by atoms with E-state index in [1.807, 2.05) is 83.4 Å². The third kappa shape index (κ3) is 3.96. The molecule has 9 heteroatoms. The van der Waals surface area contributed by atoms with Gasteiger partial charge < -0.3 is 9.98 Å². The van der Waals surface area contributed by atoms with Gasteiger partial charge in [0.25, 0.3) is 0 Å². The van der Waals surface area contributed by atoms with E-state index in [1.54, 1.807) is 9.13 Å². The van der Waals surface area contributed by atoms with Crippen LogP contribution in [0.15, 0.2) is 88.8 Å². The van der Waals surface area contributed by atoms with E-state index >= 15 is 0 Å². The van der Waals surface area contributed by atoms with E-state index in [4.69, 9.17) is 15.9 Å². The van der Waals surface area contributed by atoms with Crippen molar-refractivity contribution in [3.05, 3.63) is 111 Å². The van der Waals surface area contributed by atoms with Crippen LogP contribution in [0.5, 0.6) is 0 Å². The van der Waals surface area contributed by atoms with Crippen molar-refractivity contribution in [1.82, 2.24) is 18.7 Å². The van der Waals surface area contributed by atoms with Crippen molar-refractivity contribution in [2.24, 2.45) is 5.11 Å². The molecule has 0 aliphatic heterocycles. The van der Waals surface area contributed by atoms with E-state index in [-0.39, 0.29) is 24.5 Å². The minimum absolute atomic E-state index is 0.0390. The number of nitrogens with zero attached hydrogens (tertiary/aromatic N) is 7. The molecule has 34 heavy (non-hydrogen) atoms. The molecule has 2 heterocycles. The lowest BCUT2D eigenvalue weighted by Crippen LogP contribution is -2.26. The van der Waals surface area contributed by atoms with Crippen molar-refractivity contribution in [3.8, 4) is 0 Å². The van der Waals surface area contributed by atoms with Gasteiger partial charge in [0.2, 0.25) is 0 Å². The fourth-order valence-electron chi connectivity index (χ4n) is 4.30. The molecule has 3 aromatic carbocycles. The number of aryl methyl sites for hydroxylation is 1. The fraction of sp³-hybridized carbons (Fsp3) is 0.160. The highest BCUT2D eigenvalue weighted by molar-refractivity contribution is 5.80. The van der Waals surface area contributed by atoms with Crippen molar-refractivity contribution in [2.75, 3.05) is 0 Å². The van der Waals surface area contributed by atoms with Crippen molar-refractivity contribution in [1.29, 1.82) is 5.41 Å². The van der Waals surface area contributed by atoms with Gasteiger partial charge in [-0.05, 0) is 40.5 Å². The summed E-state index contributed by atoms with van der Waals surface area (Å²) >= 11 is 0. The number of amidine groups is 1. The van der Waals surface area contributed by atoms with Crippen LogP contribution in [0.1, 0.15) is 17.8 Å². The predicted octanol–water partition coefficient (Wildman–Crippen LogP) is 4.93. The van der Waals surface area contributed by atoms with E-state index in [0.29, 0.717) is 18.9 Å². The Morgan fingerprint density at radius 3 is 2.18 bits per heavy atom. The van der Waals surface area contributed by atoms with Gasteiger partial charge in [-0.25, -0.2) is 9.78 Å². The molecular weight excluding hydrogens is 428 g/mol. The van der Waals surface area contributed by atoms with E-state index in [0.717, 1.165) is 27.6 Å². The first kappa shape index (κ1) is 21.2. The summed E-state index contributed by atoms with van der Waals surface area (Å²) in [5, 5.41) is 11.2. The highest BCUT2D eigenvalue weighted by Crippen LogP contribution is 2.20. The zero-order valence-electron chi connectivity index (χ0n) is 18.4. The molecule has 0 amide bonds. The molecule has 1 N–H and O–H groups in total. The van der Waals surface area contributed by atoms with Crippen molar-refractivity contribution in [3.63, 3.8) is 0 Å². The highest BCUT2D eigenvalue weighted by atomic mass is 16.1. The van der Waals surface area contributed by atoms with E-state index < -0.39 is 0 Å². The molecule has 0 radical (unpaired) electrons. The van der Waals surface area contributed by atoms with Crippen LogP contribution < -0.4 is 5.69 Å². The molecule has 0 bridgehead atoms. The summed E-state index contributed by atoms with van der Waals surface area (Å²) in [6.45, 7) is 1.18. The van der Waals surface area contributed by atoms with Crippen LogP contribution in [0.2, 0.25) is 0 Å². The average Bonchev–Trinajstić information content (AvgIpc) is 3.34. The standard InChI is InChI=1S/C25H22N8O/c26-23(29-30-27)14-15-31-20-11-5-4-10-19(20)28-24(31)17-33-22-13-7-6-12-21(22)32(25(33)34)16-18-8-2-1-3-9-18/h1-13,26H,14-17H2. The van der Waals surface area contributed by atoms with Crippen molar-refractivity contribution >= 4 is 27.9 Å². The topological polar surface area (TPSA) is 117 Å². The maximum atomic E-state index is 13.6. The Morgan fingerprint density at radius 2 is 1.47 bits per heavy atom. The van der Waals surface area contributed by atoms with E-state index in [9.17, 15) is 4.79 Å². The molecule has 2 aromatic heterocycles. The smallest absolute Gasteiger partial charge is 0.326 e. The van der Waals surface area contributed by atoms with Gasteiger partial charge in [-0.2, -0.15) is 0 Å². The fourth-order valence-corrected chi connectivity index (χ4v) is 4.30. The lowest BCUT2D eigenvalue weighted by Gasteiger charge is -2.09. The molecule has 0 aliphatic rings. The molecule has 5 rings (SSSR count). The van der Waals surface area contributed by atoms with Crippen LogP contribution in [-0.2, 0) is 19.6 Å². The lowest BCUT2D eigenvalue weighted by molar-refractivity contribution is 0.628. The number of aromatic nitrogens is 4. The molecule has 168 valence electrons. The van der Waals surface area contributed by atoms with Gasteiger partial charge in [0.05, 0.1) is 41.0 Å². The Hall–Kier alpha value is -4.62. The third-order valence-corrected chi connectivity index (χ3v) is 5.88. The largest absolute Gasteiger partial charge is 0.329 e. The predicted molar refractivity (Wildman–Crippen MR) is 132 cm³/mol. The van der Waals surface area contributed by atoms with Crippen molar-refractivity contribution < 1.29 is 0 Å².